The van der Waals surface area contributed by atoms with E-state index in [0.29, 0.717) is 12.1 Å². The van der Waals surface area contributed by atoms with E-state index in [1.165, 1.54) is 0 Å². The predicted octanol–water partition coefficient (Wildman–Crippen LogP) is -2.04. The van der Waals surface area contributed by atoms with E-state index in [-0.39, 0.29) is 30.2 Å². The van der Waals surface area contributed by atoms with Gasteiger partial charge in [-0.25, -0.2) is 8.42 Å². The van der Waals surface area contributed by atoms with Gasteiger partial charge in [0.05, 0.1) is 0 Å². The Bertz CT molecular complexity index is 576. The van der Waals surface area contributed by atoms with Crippen molar-refractivity contribution in [1.82, 2.24) is 0 Å². The number of hydrogen-bond acceptors (Lipinski definition) is 6. The maximum Gasteiger partial charge on any atom is 1.00 e. The minimum atomic E-state index is -6.62. The molecule has 0 saturated heterocycles. The van der Waals surface area contributed by atoms with Gasteiger partial charge < -0.3 is 20.8 Å². The molecular weight excluding hydrogens is 303 g/mol. The summed E-state index contributed by atoms with van der Waals surface area (Å²) in [5.74, 6) is -0.911. The van der Waals surface area contributed by atoms with Crippen molar-refractivity contribution in [2.24, 2.45) is 0 Å². The zero-order valence-corrected chi connectivity index (χ0v) is 10.8. The summed E-state index contributed by atoms with van der Waals surface area (Å²) >= 11 is 0. The van der Waals surface area contributed by atoms with E-state index >= 15 is 0 Å². The molecule has 0 atom stereocenters. The fourth-order valence-electron chi connectivity index (χ4n) is 1.06. The third kappa shape index (κ3) is 3.69. The molecule has 12 heteroatoms. The first-order chi connectivity index (χ1) is 8.37. The fourth-order valence-corrected chi connectivity index (χ4v) is 1.39. The summed E-state index contributed by atoms with van der Waals surface area (Å²) < 4.78 is 85.4. The van der Waals surface area contributed by atoms with Gasteiger partial charge in [-0.1, -0.05) is 0 Å². The molecule has 0 aliphatic heterocycles. The number of rotatable bonds is 4. The van der Waals surface area contributed by atoms with Gasteiger partial charge >= 0.3 is 30.2 Å². The van der Waals surface area contributed by atoms with Crippen LogP contribution in [0, 0.1) is 0 Å². The van der Waals surface area contributed by atoms with Crippen molar-refractivity contribution >= 4 is 21.5 Å². The first-order valence-corrected chi connectivity index (χ1v) is 5.84. The second kappa shape index (κ2) is 5.69. The van der Waals surface area contributed by atoms with Gasteiger partial charge in [0.25, 0.3) is 0 Å². The van der Waals surface area contributed by atoms with Gasteiger partial charge in [0, 0.05) is 23.5 Å². The minimum Gasteiger partial charge on any atom is -0.743 e. The number of ether oxygens (including phenoxy) is 1. The van der Waals surface area contributed by atoms with Crippen LogP contribution in [0.4, 0.5) is 28.9 Å². The smallest absolute Gasteiger partial charge is 0.743 e. The largest absolute Gasteiger partial charge is 1.00 e. The van der Waals surface area contributed by atoms with Gasteiger partial charge in [0.15, 0.2) is 10.1 Å². The van der Waals surface area contributed by atoms with E-state index in [0.717, 1.165) is 6.07 Å². The standard InChI is InChI=1S/C8H8F4N2O4S.Li/c9-7(10,8(11,12)19(15,16)17)18-6-2-4(13)1-5(14)3-6;/h1-3H,13-14H2,(H,15,16,17);/q;+1/p-1. The number of anilines is 2. The van der Waals surface area contributed by atoms with Crippen LogP contribution in [0.5, 0.6) is 5.75 Å². The quantitative estimate of drug-likeness (QED) is 0.286. The van der Waals surface area contributed by atoms with Gasteiger partial charge in [0.1, 0.15) is 5.75 Å². The van der Waals surface area contributed by atoms with Gasteiger partial charge in [-0.2, -0.15) is 17.6 Å². The molecule has 6 nitrogen and oxygen atoms in total. The average molecular weight is 310 g/mol. The van der Waals surface area contributed by atoms with Crippen LogP contribution in [0.25, 0.3) is 0 Å². The molecule has 0 aromatic heterocycles. The molecule has 1 aromatic carbocycles. The van der Waals surface area contributed by atoms with E-state index in [1.807, 2.05) is 0 Å². The molecule has 0 amide bonds. The summed E-state index contributed by atoms with van der Waals surface area (Å²) in [6.45, 7) is 0. The SMILES string of the molecule is Nc1cc(N)cc(OC(F)(F)C(F)(F)S(=O)(=O)[O-])c1.[Li+]. The molecule has 0 radical (unpaired) electrons. The molecule has 1 rings (SSSR count). The molecule has 4 N–H and O–H groups in total. The molecule has 0 spiro atoms. The molecule has 0 bridgehead atoms. The van der Waals surface area contributed by atoms with Gasteiger partial charge in [0.2, 0.25) is 0 Å². The van der Waals surface area contributed by atoms with Gasteiger partial charge in [-0.3, -0.25) is 0 Å². The van der Waals surface area contributed by atoms with Crippen molar-refractivity contribution in [1.29, 1.82) is 0 Å². The number of hydrogen-bond donors (Lipinski definition) is 2. The van der Waals surface area contributed by atoms with Crippen LogP contribution in [0.2, 0.25) is 0 Å². The normalized spacial score (nSPS) is 12.7. The van der Waals surface area contributed by atoms with Crippen molar-refractivity contribution in [3.8, 4) is 5.75 Å². The van der Waals surface area contributed by atoms with Crippen molar-refractivity contribution in [3.63, 3.8) is 0 Å². The van der Waals surface area contributed by atoms with E-state index in [4.69, 9.17) is 11.5 Å². The molecule has 20 heavy (non-hydrogen) atoms. The summed E-state index contributed by atoms with van der Waals surface area (Å²) in [7, 11) is -6.62. The fraction of sp³-hybridized carbons (Fsp3) is 0.250. The third-order valence-electron chi connectivity index (χ3n) is 1.85. The summed E-state index contributed by atoms with van der Waals surface area (Å²) in [4.78, 5) is 0. The Morgan fingerprint density at radius 2 is 1.45 bits per heavy atom. The van der Waals surface area contributed by atoms with Crippen LogP contribution < -0.4 is 35.1 Å². The Balaban J connectivity index is 0.00000361. The van der Waals surface area contributed by atoms with Crippen LogP contribution in [-0.4, -0.2) is 24.3 Å². The summed E-state index contributed by atoms with van der Waals surface area (Å²) in [6, 6.07) is 2.53. The molecule has 0 unspecified atom stereocenters. The van der Waals surface area contributed by atoms with Crippen LogP contribution in [0.15, 0.2) is 18.2 Å². The third-order valence-corrected chi connectivity index (χ3v) is 2.72. The number of nitrogens with two attached hydrogens (primary N) is 2. The summed E-state index contributed by atoms with van der Waals surface area (Å²) in [5, 5.41) is -5.95. The maximum absolute atomic E-state index is 13.0. The van der Waals surface area contributed by atoms with Gasteiger partial charge in [-0.15, -0.1) is 0 Å². The molecule has 0 heterocycles. The Hall–Kier alpha value is -1.15. The van der Waals surface area contributed by atoms with Crippen LogP contribution in [0.1, 0.15) is 0 Å². The average Bonchev–Trinajstić information content (AvgIpc) is 2.12. The van der Waals surface area contributed by atoms with Gasteiger partial charge in [-0.05, 0) is 6.07 Å². The molecule has 0 saturated carbocycles. The van der Waals surface area contributed by atoms with E-state index in [1.54, 1.807) is 0 Å². The van der Waals surface area contributed by atoms with Crippen LogP contribution >= 0.6 is 0 Å². The van der Waals surface area contributed by atoms with E-state index in [2.05, 4.69) is 4.74 Å². The van der Waals surface area contributed by atoms with E-state index in [9.17, 15) is 30.5 Å². The number of nitrogen functional groups attached to an aromatic ring is 2. The molecule has 0 aliphatic rings. The minimum absolute atomic E-state index is 0. The van der Waals surface area contributed by atoms with Crippen LogP contribution in [0.3, 0.4) is 0 Å². The zero-order chi connectivity index (χ0) is 15.1. The first kappa shape index (κ1) is 18.8. The second-order valence-electron chi connectivity index (χ2n) is 3.43. The van der Waals surface area contributed by atoms with Crippen molar-refractivity contribution in [3.05, 3.63) is 18.2 Å². The maximum atomic E-state index is 13.0. The monoisotopic (exact) mass is 310 g/mol. The van der Waals surface area contributed by atoms with Crippen molar-refractivity contribution in [2.75, 3.05) is 11.5 Å². The summed E-state index contributed by atoms with van der Waals surface area (Å²) in [5.41, 5.74) is 10.0. The Labute approximate surface area is 123 Å². The molecule has 0 fully saturated rings. The Kier molecular flexibility index (Phi) is 5.36. The van der Waals surface area contributed by atoms with E-state index < -0.39 is 27.2 Å². The molecule has 108 valence electrons. The zero-order valence-electron chi connectivity index (χ0n) is 9.94. The number of alkyl halides is 4. The molecule has 1 aromatic rings. The number of benzene rings is 1. The Morgan fingerprint density at radius 1 is 1.05 bits per heavy atom. The molecular formula is C8H7F4LiN2O4S. The van der Waals surface area contributed by atoms with Crippen molar-refractivity contribution in [2.45, 2.75) is 11.4 Å². The van der Waals surface area contributed by atoms with Crippen LogP contribution in [-0.2, 0) is 10.1 Å². The summed E-state index contributed by atoms with van der Waals surface area (Å²) in [6.07, 6.45) is -5.58. The Morgan fingerprint density at radius 3 is 1.80 bits per heavy atom. The first-order valence-electron chi connectivity index (χ1n) is 4.43. The van der Waals surface area contributed by atoms with Crippen molar-refractivity contribution < 1.29 is 54.1 Å². The predicted molar refractivity (Wildman–Crippen MR) is 55.5 cm³/mol. The molecule has 0 aliphatic carbocycles. The second-order valence-corrected chi connectivity index (χ2v) is 4.85. The topological polar surface area (TPSA) is 118 Å². The number of halogens is 4.